The van der Waals surface area contributed by atoms with Gasteiger partial charge in [-0.15, -0.1) is 0 Å². The summed E-state index contributed by atoms with van der Waals surface area (Å²) in [5.74, 6) is -8.04. The number of hydrogen-bond acceptors (Lipinski definition) is 22. The van der Waals surface area contributed by atoms with Crippen LogP contribution in [0, 0.1) is 17.8 Å². The van der Waals surface area contributed by atoms with Crippen molar-refractivity contribution >= 4 is 17.7 Å². The molecule has 1 aromatic rings. The molecular formula is C60H87NO22. The van der Waals surface area contributed by atoms with Crippen LogP contribution in [0.1, 0.15) is 90.9 Å². The third-order valence-electron chi connectivity index (χ3n) is 15.3. The number of hydrogen-bond donors (Lipinski definition) is 14. The lowest BCUT2D eigenvalue weighted by molar-refractivity contribution is -0.309. The minimum Gasteiger partial charge on any atom is -0.481 e. The lowest BCUT2D eigenvalue weighted by Crippen LogP contribution is -2.64. The Bertz CT molecular complexity index is 2360. The van der Waals surface area contributed by atoms with Gasteiger partial charge in [0.05, 0.1) is 92.8 Å². The van der Waals surface area contributed by atoms with Gasteiger partial charge in [-0.05, 0) is 33.1 Å². The predicted molar refractivity (Wildman–Crippen MR) is 298 cm³/mol. The van der Waals surface area contributed by atoms with Crippen LogP contribution in [0.4, 0.5) is 0 Å². The Hall–Kier alpha value is -4.71. The maximum Gasteiger partial charge on any atom is 0.311 e. The molecular weight excluding hydrogens is 1090 g/mol. The molecule has 2 bridgehead atoms. The van der Waals surface area contributed by atoms with Gasteiger partial charge in [-0.1, -0.05) is 129 Å². The van der Waals surface area contributed by atoms with E-state index in [4.69, 9.17) is 28.4 Å². The number of ether oxygens (including phenoxy) is 6. The van der Waals surface area contributed by atoms with Gasteiger partial charge < -0.3 is 100 Å². The molecule has 0 aromatic heterocycles. The molecule has 0 saturated carbocycles. The topological polar surface area (TPSA) is 382 Å². The fourth-order valence-electron chi connectivity index (χ4n) is 10.3. The fraction of sp³-hybridized carbons (Fsp3) is 0.617. The summed E-state index contributed by atoms with van der Waals surface area (Å²) in [7, 11) is 0. The summed E-state index contributed by atoms with van der Waals surface area (Å²) in [6, 6.07) is 7.32. The molecule has 0 amide bonds. The van der Waals surface area contributed by atoms with Gasteiger partial charge in [0, 0.05) is 43.1 Å². The number of ketones is 1. The van der Waals surface area contributed by atoms with Crippen molar-refractivity contribution in [1.82, 2.24) is 5.32 Å². The van der Waals surface area contributed by atoms with Gasteiger partial charge >= 0.3 is 11.9 Å². The zero-order valence-corrected chi connectivity index (χ0v) is 47.2. The van der Waals surface area contributed by atoms with E-state index in [0.29, 0.717) is 5.56 Å². The van der Waals surface area contributed by atoms with Gasteiger partial charge in [0.1, 0.15) is 36.4 Å². The number of aliphatic hydroxyl groups excluding tert-OH is 11. The van der Waals surface area contributed by atoms with E-state index in [1.54, 1.807) is 117 Å². The lowest BCUT2D eigenvalue weighted by Gasteiger charge is -2.45. The number of Topliss-reactive ketones (excluding diaryl/α,β-unsaturated/α-hetero) is 1. The van der Waals surface area contributed by atoms with Crippen molar-refractivity contribution in [2.24, 2.45) is 17.8 Å². The Morgan fingerprint density at radius 2 is 1.29 bits per heavy atom. The van der Waals surface area contributed by atoms with Gasteiger partial charge in [-0.25, -0.2) is 0 Å². The Kier molecular flexibility index (Phi) is 28.2. The first-order valence-electron chi connectivity index (χ1n) is 28.3. The second-order valence-corrected chi connectivity index (χ2v) is 22.1. The first-order chi connectivity index (χ1) is 39.4. The van der Waals surface area contributed by atoms with E-state index in [2.05, 4.69) is 5.32 Å². The molecule has 83 heavy (non-hydrogen) atoms. The quantitative estimate of drug-likeness (QED) is 0.152. The van der Waals surface area contributed by atoms with Crippen LogP contribution in [0.2, 0.25) is 0 Å². The van der Waals surface area contributed by atoms with Crippen molar-refractivity contribution in [3.8, 4) is 0 Å². The maximum absolute atomic E-state index is 13.4. The molecule has 4 aliphatic heterocycles. The van der Waals surface area contributed by atoms with Gasteiger partial charge in [0.15, 0.2) is 24.2 Å². The summed E-state index contributed by atoms with van der Waals surface area (Å²) >= 11 is 0. The normalized spacial score (nSPS) is 39.6. The van der Waals surface area contributed by atoms with E-state index >= 15 is 0 Å². The zero-order chi connectivity index (χ0) is 61.0. The standard InChI is InChI=1S/C60H87NO22/c1-34-20-16-13-11-9-7-5-6-8-10-12-14-19-23-42(81-59-55(74)51(53(72)37(4)80-59)61-32-46(68)54(73)56-47(69)33-78-58(82-56)38-21-17-15-18-22-38)29-48-50(57(75)76)45(67)31-60(77,83-48)30-41(64)27-44(66)43(65)25-24-39(62)26-40(63)28-49(70)79-36(3)35(2)52(34)71/h5-23,34-37,39-45,47-48,50-56,58-59,61-67,69,71-74,77H,24-33H2,1-4H3,(H,75,76)/t34-,35-,36-,37+,39+,40+,41-,42-,43+,44+,45-,47?,48+,50+,51-,52+,53+,54?,55-,56?,58?,59-,60+/m0/s1. The SMILES string of the molecule is C[C@@H]1[C@H](O)[C@@H](C)C=CC=CC=CC=CC=CC=CC=C[C@H](O[C@@H]2O[C@H](C)[C@@H](O)[C@H](NCC(=O)C(O)C3OC(c4ccccc4)OCC3O)[C@@H]2O)C[C@H]2O[C@](O)(C[C@@H](O)C[C@@H](O)[C@H](O)CC[C@@H](O)C[C@@H](O)CC(=O)O[C@H]1C)C[C@H](O)[C@H]2C(=O)O. The Morgan fingerprint density at radius 3 is 1.92 bits per heavy atom. The van der Waals surface area contributed by atoms with Crippen molar-refractivity contribution in [2.45, 2.75) is 201 Å². The van der Waals surface area contributed by atoms with Crippen molar-refractivity contribution in [2.75, 3.05) is 13.2 Å². The number of carboxylic acid groups (broad SMARTS) is 1. The largest absolute Gasteiger partial charge is 0.481 e. The third kappa shape index (κ3) is 21.6. The number of carbonyl (C=O) groups is 3. The summed E-state index contributed by atoms with van der Waals surface area (Å²) in [6.45, 7) is 5.75. The number of esters is 1. The molecule has 464 valence electrons. The van der Waals surface area contributed by atoms with E-state index < -0.39 is 190 Å². The molecule has 5 rings (SSSR count). The van der Waals surface area contributed by atoms with E-state index in [1.165, 1.54) is 19.1 Å². The Morgan fingerprint density at radius 1 is 0.675 bits per heavy atom. The van der Waals surface area contributed by atoms with Crippen LogP contribution in [0.25, 0.3) is 0 Å². The molecule has 4 heterocycles. The minimum absolute atomic E-state index is 0.145. The molecule has 14 N–H and O–H groups in total. The summed E-state index contributed by atoms with van der Waals surface area (Å²) in [5, 5.41) is 146. The lowest BCUT2D eigenvalue weighted by atomic mass is 9.82. The average Bonchev–Trinajstić information content (AvgIpc) is 3.55. The van der Waals surface area contributed by atoms with Gasteiger partial charge in [-0.2, -0.15) is 0 Å². The van der Waals surface area contributed by atoms with Crippen LogP contribution in [-0.4, -0.2) is 213 Å². The monoisotopic (exact) mass is 1170 g/mol. The molecule has 3 saturated heterocycles. The first-order valence-corrected chi connectivity index (χ1v) is 28.3. The van der Waals surface area contributed by atoms with Crippen molar-refractivity contribution in [3.63, 3.8) is 0 Å². The number of fused-ring (bicyclic) bond motifs is 2. The van der Waals surface area contributed by atoms with Gasteiger partial charge in [0.2, 0.25) is 0 Å². The number of benzene rings is 1. The highest BCUT2D eigenvalue weighted by Crippen LogP contribution is 2.38. The molecule has 0 spiro atoms. The maximum atomic E-state index is 13.4. The second-order valence-electron chi connectivity index (χ2n) is 22.1. The van der Waals surface area contributed by atoms with Crippen LogP contribution in [0.5, 0.6) is 0 Å². The Balaban J connectivity index is 1.35. The van der Waals surface area contributed by atoms with E-state index in [1.807, 2.05) is 6.92 Å². The van der Waals surface area contributed by atoms with Crippen LogP contribution in [0.3, 0.4) is 0 Å². The number of allylic oxidation sites excluding steroid dienone is 12. The smallest absolute Gasteiger partial charge is 0.311 e. The number of rotatable bonds is 9. The number of aliphatic carboxylic acids is 1. The second kappa shape index (κ2) is 33.8. The molecule has 3 fully saturated rings. The predicted octanol–water partition coefficient (Wildman–Crippen LogP) is 0.748. The molecule has 0 aliphatic carbocycles. The number of aliphatic hydroxyl groups is 12. The zero-order valence-electron chi connectivity index (χ0n) is 47.2. The summed E-state index contributed by atoms with van der Waals surface area (Å²) in [5.41, 5.74) is 0.582. The molecule has 0 radical (unpaired) electrons. The van der Waals surface area contributed by atoms with E-state index in [-0.39, 0.29) is 31.8 Å². The molecule has 4 unspecified atom stereocenters. The molecule has 1 aromatic carbocycles. The van der Waals surface area contributed by atoms with Crippen molar-refractivity contribution < 1.29 is 109 Å². The summed E-state index contributed by atoms with van der Waals surface area (Å²) < 4.78 is 35.0. The number of carbonyl (C=O) groups excluding carboxylic acids is 2. The van der Waals surface area contributed by atoms with Crippen LogP contribution < -0.4 is 5.32 Å². The minimum atomic E-state index is -2.42. The molecule has 23 heteroatoms. The highest BCUT2D eigenvalue weighted by molar-refractivity contribution is 5.85. The van der Waals surface area contributed by atoms with Crippen LogP contribution in [0.15, 0.2) is 115 Å². The highest BCUT2D eigenvalue weighted by atomic mass is 16.7. The summed E-state index contributed by atoms with van der Waals surface area (Å²) in [6.07, 6.45) is -4.73. The fourth-order valence-corrected chi connectivity index (χ4v) is 10.3. The molecule has 4 aliphatic rings. The number of carboxylic acids is 1. The van der Waals surface area contributed by atoms with E-state index in [0.717, 1.165) is 0 Å². The molecule has 23 nitrogen and oxygen atoms in total. The third-order valence-corrected chi connectivity index (χ3v) is 15.3. The Labute approximate surface area is 483 Å². The highest BCUT2D eigenvalue weighted by Gasteiger charge is 2.51. The summed E-state index contributed by atoms with van der Waals surface area (Å²) in [4.78, 5) is 38.9. The van der Waals surface area contributed by atoms with Crippen molar-refractivity contribution in [1.29, 1.82) is 0 Å². The number of cyclic esters (lactones) is 1. The molecule has 23 atom stereocenters. The van der Waals surface area contributed by atoms with Crippen LogP contribution in [-0.2, 0) is 42.8 Å². The van der Waals surface area contributed by atoms with Gasteiger partial charge in [0.25, 0.3) is 0 Å². The average molecular weight is 1170 g/mol. The van der Waals surface area contributed by atoms with E-state index in [9.17, 15) is 80.8 Å². The van der Waals surface area contributed by atoms with Crippen molar-refractivity contribution in [3.05, 3.63) is 121 Å². The van der Waals surface area contributed by atoms with Crippen LogP contribution >= 0.6 is 0 Å². The van der Waals surface area contributed by atoms with Gasteiger partial charge in [-0.3, -0.25) is 14.4 Å². The number of nitrogens with one attached hydrogen (secondary N) is 1. The first kappa shape index (κ1) is 69.1.